The van der Waals surface area contributed by atoms with Gasteiger partial charge in [-0.2, -0.15) is 0 Å². The maximum atomic E-state index is 9.21. The van der Waals surface area contributed by atoms with Crippen molar-refractivity contribution in [1.82, 2.24) is 4.90 Å². The molecule has 76 valence electrons. The van der Waals surface area contributed by atoms with E-state index in [2.05, 4.69) is 11.9 Å². The highest BCUT2D eigenvalue weighted by Gasteiger charge is 2.33. The summed E-state index contributed by atoms with van der Waals surface area (Å²) in [6, 6.07) is 1.31. The lowest BCUT2D eigenvalue weighted by molar-refractivity contribution is -0.0318. The first-order valence-corrected chi connectivity index (χ1v) is 5.25. The molecule has 1 saturated carbocycles. The SMILES string of the molecule is CN(C1CCOCC1)C1CC(O)C1. The van der Waals surface area contributed by atoms with Gasteiger partial charge in [-0.25, -0.2) is 0 Å². The van der Waals surface area contributed by atoms with Crippen molar-refractivity contribution in [3.8, 4) is 0 Å². The van der Waals surface area contributed by atoms with Crippen LogP contribution in [-0.4, -0.2) is 48.5 Å². The minimum absolute atomic E-state index is 0.0349. The zero-order valence-corrected chi connectivity index (χ0v) is 8.28. The fraction of sp³-hybridized carbons (Fsp3) is 1.00. The third-order valence-electron chi connectivity index (χ3n) is 3.43. The van der Waals surface area contributed by atoms with Gasteiger partial charge in [0.1, 0.15) is 0 Å². The minimum atomic E-state index is -0.0349. The number of aliphatic hydroxyl groups excluding tert-OH is 1. The Morgan fingerprint density at radius 3 is 2.31 bits per heavy atom. The molecule has 2 aliphatic rings. The minimum Gasteiger partial charge on any atom is -0.393 e. The Labute approximate surface area is 79.7 Å². The molecule has 0 unspecified atom stereocenters. The molecule has 0 radical (unpaired) electrons. The van der Waals surface area contributed by atoms with Gasteiger partial charge in [0.15, 0.2) is 0 Å². The second-order valence-electron chi connectivity index (χ2n) is 4.29. The molecule has 13 heavy (non-hydrogen) atoms. The van der Waals surface area contributed by atoms with Crippen LogP contribution < -0.4 is 0 Å². The van der Waals surface area contributed by atoms with Gasteiger partial charge in [0.05, 0.1) is 6.10 Å². The standard InChI is InChI=1S/C10H19NO2/c1-11(9-6-10(12)7-9)8-2-4-13-5-3-8/h8-10,12H,2-7H2,1H3. The highest BCUT2D eigenvalue weighted by molar-refractivity contribution is 4.88. The third-order valence-corrected chi connectivity index (χ3v) is 3.43. The van der Waals surface area contributed by atoms with Crippen LogP contribution in [-0.2, 0) is 4.74 Å². The fourth-order valence-electron chi connectivity index (χ4n) is 2.28. The molecular weight excluding hydrogens is 166 g/mol. The summed E-state index contributed by atoms with van der Waals surface area (Å²) in [4.78, 5) is 2.44. The Kier molecular flexibility index (Phi) is 2.86. The van der Waals surface area contributed by atoms with Crippen molar-refractivity contribution in [3.05, 3.63) is 0 Å². The van der Waals surface area contributed by atoms with Crippen molar-refractivity contribution < 1.29 is 9.84 Å². The topological polar surface area (TPSA) is 32.7 Å². The summed E-state index contributed by atoms with van der Waals surface area (Å²) in [7, 11) is 2.19. The van der Waals surface area contributed by atoms with Gasteiger partial charge >= 0.3 is 0 Å². The van der Waals surface area contributed by atoms with Crippen LogP contribution in [0.2, 0.25) is 0 Å². The Hall–Kier alpha value is -0.120. The van der Waals surface area contributed by atoms with E-state index in [0.29, 0.717) is 12.1 Å². The first kappa shape index (κ1) is 9.44. The molecule has 0 aromatic carbocycles. The van der Waals surface area contributed by atoms with Gasteiger partial charge in [-0.3, -0.25) is 0 Å². The molecular formula is C10H19NO2. The number of ether oxygens (including phenoxy) is 1. The molecule has 0 bridgehead atoms. The van der Waals surface area contributed by atoms with Crippen LogP contribution in [0, 0.1) is 0 Å². The average molecular weight is 185 g/mol. The molecule has 3 heteroatoms. The van der Waals surface area contributed by atoms with Gasteiger partial charge in [0.25, 0.3) is 0 Å². The molecule has 0 aromatic rings. The predicted molar refractivity (Wildman–Crippen MR) is 50.6 cm³/mol. The van der Waals surface area contributed by atoms with E-state index in [9.17, 15) is 5.11 Å². The number of nitrogens with zero attached hydrogens (tertiary/aromatic N) is 1. The molecule has 2 rings (SSSR count). The van der Waals surface area contributed by atoms with E-state index >= 15 is 0 Å². The monoisotopic (exact) mass is 185 g/mol. The van der Waals surface area contributed by atoms with Crippen LogP contribution in [0.25, 0.3) is 0 Å². The Bertz CT molecular complexity index is 162. The van der Waals surface area contributed by atoms with Crippen molar-refractivity contribution in [2.75, 3.05) is 20.3 Å². The summed E-state index contributed by atoms with van der Waals surface area (Å²) >= 11 is 0. The van der Waals surface area contributed by atoms with E-state index in [0.717, 1.165) is 38.9 Å². The van der Waals surface area contributed by atoms with Crippen LogP contribution in [0.5, 0.6) is 0 Å². The van der Waals surface area contributed by atoms with Gasteiger partial charge in [-0.15, -0.1) is 0 Å². The molecule has 0 atom stereocenters. The highest BCUT2D eigenvalue weighted by Crippen LogP contribution is 2.28. The first-order chi connectivity index (χ1) is 6.27. The van der Waals surface area contributed by atoms with E-state index in [1.54, 1.807) is 0 Å². The zero-order valence-electron chi connectivity index (χ0n) is 8.28. The maximum Gasteiger partial charge on any atom is 0.0570 e. The van der Waals surface area contributed by atoms with E-state index in [1.165, 1.54) is 0 Å². The lowest BCUT2D eigenvalue weighted by atomic mass is 9.87. The number of hydrogen-bond donors (Lipinski definition) is 1. The van der Waals surface area contributed by atoms with Gasteiger partial charge in [0.2, 0.25) is 0 Å². The van der Waals surface area contributed by atoms with E-state index in [4.69, 9.17) is 4.74 Å². The van der Waals surface area contributed by atoms with Crippen LogP contribution in [0.4, 0.5) is 0 Å². The summed E-state index contributed by atoms with van der Waals surface area (Å²) < 4.78 is 5.33. The largest absolute Gasteiger partial charge is 0.393 e. The zero-order chi connectivity index (χ0) is 9.26. The number of hydrogen-bond acceptors (Lipinski definition) is 3. The molecule has 0 spiro atoms. The quantitative estimate of drug-likeness (QED) is 0.684. The summed E-state index contributed by atoms with van der Waals surface area (Å²) in [6.45, 7) is 1.81. The summed E-state index contributed by atoms with van der Waals surface area (Å²) in [5.41, 5.74) is 0. The molecule has 0 amide bonds. The predicted octanol–water partition coefficient (Wildman–Crippen LogP) is 0.620. The van der Waals surface area contributed by atoms with Gasteiger partial charge in [-0.1, -0.05) is 0 Å². The van der Waals surface area contributed by atoms with Crippen LogP contribution in [0.3, 0.4) is 0 Å². The summed E-state index contributed by atoms with van der Waals surface area (Å²) in [6.07, 6.45) is 4.21. The molecule has 2 fully saturated rings. The van der Waals surface area contributed by atoms with Crippen LogP contribution in [0.15, 0.2) is 0 Å². The van der Waals surface area contributed by atoms with Crippen molar-refractivity contribution >= 4 is 0 Å². The van der Waals surface area contributed by atoms with Gasteiger partial charge in [0, 0.05) is 25.3 Å². The fourth-order valence-corrected chi connectivity index (χ4v) is 2.28. The third kappa shape index (κ3) is 2.03. The lowest BCUT2D eigenvalue weighted by Crippen LogP contribution is -2.50. The summed E-state index contributed by atoms with van der Waals surface area (Å²) in [5, 5.41) is 9.21. The van der Waals surface area contributed by atoms with E-state index < -0.39 is 0 Å². The van der Waals surface area contributed by atoms with Crippen molar-refractivity contribution in [3.63, 3.8) is 0 Å². The van der Waals surface area contributed by atoms with Gasteiger partial charge < -0.3 is 14.7 Å². The normalized spacial score (nSPS) is 36.2. The molecule has 1 heterocycles. The molecule has 0 aromatic heterocycles. The highest BCUT2D eigenvalue weighted by atomic mass is 16.5. The Morgan fingerprint density at radius 1 is 1.15 bits per heavy atom. The first-order valence-electron chi connectivity index (χ1n) is 5.25. The van der Waals surface area contributed by atoms with E-state index in [-0.39, 0.29) is 6.10 Å². The molecule has 1 saturated heterocycles. The average Bonchev–Trinajstić information content (AvgIpc) is 2.13. The Balaban J connectivity index is 1.78. The molecule has 1 aliphatic carbocycles. The summed E-state index contributed by atoms with van der Waals surface area (Å²) in [5.74, 6) is 0. The smallest absolute Gasteiger partial charge is 0.0570 e. The second kappa shape index (κ2) is 3.95. The number of aliphatic hydroxyl groups is 1. The van der Waals surface area contributed by atoms with Crippen LogP contribution in [0.1, 0.15) is 25.7 Å². The Morgan fingerprint density at radius 2 is 1.77 bits per heavy atom. The molecule has 1 aliphatic heterocycles. The van der Waals surface area contributed by atoms with Gasteiger partial charge in [-0.05, 0) is 32.7 Å². The molecule has 1 N–H and O–H groups in total. The molecule has 3 nitrogen and oxygen atoms in total. The number of rotatable bonds is 2. The lowest BCUT2D eigenvalue weighted by Gasteiger charge is -2.43. The van der Waals surface area contributed by atoms with Crippen molar-refractivity contribution in [2.45, 2.75) is 43.9 Å². The van der Waals surface area contributed by atoms with E-state index in [1.807, 2.05) is 0 Å². The second-order valence-corrected chi connectivity index (χ2v) is 4.29. The van der Waals surface area contributed by atoms with Crippen LogP contribution >= 0.6 is 0 Å². The van der Waals surface area contributed by atoms with Crippen molar-refractivity contribution in [2.24, 2.45) is 0 Å². The van der Waals surface area contributed by atoms with Crippen molar-refractivity contribution in [1.29, 1.82) is 0 Å². The maximum absolute atomic E-state index is 9.21.